The summed E-state index contributed by atoms with van der Waals surface area (Å²) in [5.41, 5.74) is -0.347. The molecule has 0 aromatic heterocycles. The molecule has 72 valence electrons. The normalized spacial score (nSPS) is 8.46. The van der Waals surface area contributed by atoms with Gasteiger partial charge in [0, 0.05) is 0 Å². The van der Waals surface area contributed by atoms with Gasteiger partial charge in [-0.3, -0.25) is 4.79 Å². The van der Waals surface area contributed by atoms with Crippen molar-refractivity contribution in [2.45, 2.75) is 0 Å². The quantitative estimate of drug-likeness (QED) is 0.561. The first-order valence-electron chi connectivity index (χ1n) is 3.72. The van der Waals surface area contributed by atoms with Crippen molar-refractivity contribution in [3.63, 3.8) is 0 Å². The number of aliphatic hydroxyl groups excluding tert-OH is 2. The summed E-state index contributed by atoms with van der Waals surface area (Å²) in [4.78, 5) is 10.6. The zero-order valence-corrected chi connectivity index (χ0v) is 7.05. The Kier molecular flexibility index (Phi) is 6.49. The molecule has 0 aliphatic carbocycles. The standard InChI is InChI=1S/C7H6O2.C2H6O2/c8-6-4-2-1-3-5-7(6)9;3-1-2-4/h1-5H,(H,8,9);3-4H,1-2H2. The Morgan fingerprint density at radius 2 is 1.54 bits per heavy atom. The van der Waals surface area contributed by atoms with Crippen LogP contribution in [0, 0.1) is 0 Å². The fourth-order valence-corrected chi connectivity index (χ4v) is 0.521. The van der Waals surface area contributed by atoms with Gasteiger partial charge in [-0.15, -0.1) is 0 Å². The van der Waals surface area contributed by atoms with Crippen molar-refractivity contribution in [3.05, 3.63) is 40.6 Å². The molecule has 0 saturated carbocycles. The Balaban J connectivity index is 0.000000310. The lowest BCUT2D eigenvalue weighted by Gasteiger charge is -1.74. The maximum Gasteiger partial charge on any atom is 0.220 e. The predicted octanol–water partition coefficient (Wildman–Crippen LogP) is -0.277. The first-order chi connectivity index (χ1) is 6.22. The van der Waals surface area contributed by atoms with Crippen LogP contribution in [0.4, 0.5) is 0 Å². The van der Waals surface area contributed by atoms with Gasteiger partial charge in [-0.1, -0.05) is 18.2 Å². The van der Waals surface area contributed by atoms with Crippen molar-refractivity contribution in [1.82, 2.24) is 0 Å². The van der Waals surface area contributed by atoms with E-state index >= 15 is 0 Å². The lowest BCUT2D eigenvalue weighted by atomic mass is 10.5. The fourth-order valence-electron chi connectivity index (χ4n) is 0.521. The highest BCUT2D eigenvalue weighted by molar-refractivity contribution is 5.17. The molecule has 4 nitrogen and oxygen atoms in total. The van der Waals surface area contributed by atoms with E-state index in [0.717, 1.165) is 0 Å². The Labute approximate surface area is 75.7 Å². The second-order valence-corrected chi connectivity index (χ2v) is 2.11. The Hall–Kier alpha value is -1.39. The van der Waals surface area contributed by atoms with Crippen LogP contribution < -0.4 is 5.43 Å². The summed E-state index contributed by atoms with van der Waals surface area (Å²) in [7, 11) is 0. The maximum absolute atomic E-state index is 10.6. The van der Waals surface area contributed by atoms with Gasteiger partial charge in [0.05, 0.1) is 13.2 Å². The van der Waals surface area contributed by atoms with Crippen molar-refractivity contribution in [2.75, 3.05) is 13.2 Å². The van der Waals surface area contributed by atoms with E-state index in [9.17, 15) is 4.79 Å². The fraction of sp³-hybridized carbons (Fsp3) is 0.222. The van der Waals surface area contributed by atoms with E-state index in [1.807, 2.05) is 0 Å². The minimum absolute atomic E-state index is 0.125. The van der Waals surface area contributed by atoms with Gasteiger partial charge >= 0.3 is 0 Å². The Bertz CT molecular complexity index is 283. The molecule has 0 unspecified atom stereocenters. The van der Waals surface area contributed by atoms with Crippen LogP contribution in [0.25, 0.3) is 0 Å². The summed E-state index contributed by atoms with van der Waals surface area (Å²) in [6, 6.07) is 7.55. The van der Waals surface area contributed by atoms with Gasteiger partial charge in [0.2, 0.25) is 5.43 Å². The van der Waals surface area contributed by atoms with Crippen LogP contribution >= 0.6 is 0 Å². The van der Waals surface area contributed by atoms with E-state index < -0.39 is 0 Å². The summed E-state index contributed by atoms with van der Waals surface area (Å²) in [5.74, 6) is -0.208. The number of aliphatic hydroxyl groups is 2. The largest absolute Gasteiger partial charge is 0.504 e. The molecular formula is C9H12O4. The monoisotopic (exact) mass is 184 g/mol. The molecule has 0 heterocycles. The lowest BCUT2D eigenvalue weighted by Crippen LogP contribution is -1.90. The molecule has 0 saturated heterocycles. The Morgan fingerprint density at radius 1 is 1.00 bits per heavy atom. The van der Waals surface area contributed by atoms with Crippen molar-refractivity contribution < 1.29 is 15.3 Å². The van der Waals surface area contributed by atoms with E-state index in [-0.39, 0.29) is 24.4 Å². The molecule has 0 fully saturated rings. The van der Waals surface area contributed by atoms with Gasteiger partial charge in [-0.05, 0) is 12.1 Å². The summed E-state index contributed by atoms with van der Waals surface area (Å²) in [6.07, 6.45) is 0. The van der Waals surface area contributed by atoms with Crippen LogP contribution in [0.15, 0.2) is 35.1 Å². The molecule has 0 bridgehead atoms. The summed E-state index contributed by atoms with van der Waals surface area (Å²) in [5, 5.41) is 24.0. The number of hydrogen-bond acceptors (Lipinski definition) is 4. The molecule has 1 rings (SSSR count). The lowest BCUT2D eigenvalue weighted by molar-refractivity contribution is 0.186. The number of rotatable bonds is 1. The molecule has 0 amide bonds. The third-order valence-electron chi connectivity index (χ3n) is 1.08. The molecule has 3 N–H and O–H groups in total. The minimum Gasteiger partial charge on any atom is -0.504 e. The van der Waals surface area contributed by atoms with E-state index in [1.54, 1.807) is 18.2 Å². The van der Waals surface area contributed by atoms with Gasteiger partial charge in [0.1, 0.15) is 0 Å². The summed E-state index contributed by atoms with van der Waals surface area (Å²) >= 11 is 0. The second kappa shape index (κ2) is 7.27. The van der Waals surface area contributed by atoms with Crippen molar-refractivity contribution in [2.24, 2.45) is 0 Å². The molecule has 0 aliphatic rings. The maximum atomic E-state index is 10.6. The zero-order chi connectivity index (χ0) is 10.1. The first-order valence-corrected chi connectivity index (χ1v) is 3.72. The zero-order valence-electron chi connectivity index (χ0n) is 7.05. The Morgan fingerprint density at radius 3 is 2.08 bits per heavy atom. The molecule has 0 spiro atoms. The predicted molar refractivity (Wildman–Crippen MR) is 48.5 cm³/mol. The van der Waals surface area contributed by atoms with E-state index in [1.165, 1.54) is 12.1 Å². The highest BCUT2D eigenvalue weighted by Crippen LogP contribution is 1.93. The molecule has 0 radical (unpaired) electrons. The van der Waals surface area contributed by atoms with Gasteiger partial charge in [-0.25, -0.2) is 0 Å². The molecule has 4 heteroatoms. The van der Waals surface area contributed by atoms with Gasteiger partial charge in [0.25, 0.3) is 0 Å². The third-order valence-corrected chi connectivity index (χ3v) is 1.08. The minimum atomic E-state index is -0.347. The average molecular weight is 184 g/mol. The second-order valence-electron chi connectivity index (χ2n) is 2.11. The topological polar surface area (TPSA) is 77.8 Å². The van der Waals surface area contributed by atoms with E-state index in [0.29, 0.717) is 0 Å². The highest BCUT2D eigenvalue weighted by atomic mass is 16.3. The van der Waals surface area contributed by atoms with Gasteiger partial charge in [0.15, 0.2) is 5.75 Å². The summed E-state index contributed by atoms with van der Waals surface area (Å²) < 4.78 is 0. The van der Waals surface area contributed by atoms with Crippen LogP contribution in [0.5, 0.6) is 5.75 Å². The third kappa shape index (κ3) is 5.84. The molecule has 1 aromatic carbocycles. The molecular weight excluding hydrogens is 172 g/mol. The SMILES string of the molecule is O=c1cccccc1O.OCCO. The van der Waals surface area contributed by atoms with Crippen LogP contribution in [0.2, 0.25) is 0 Å². The number of hydrogen-bond donors (Lipinski definition) is 3. The van der Waals surface area contributed by atoms with Gasteiger partial charge in [-0.2, -0.15) is 0 Å². The van der Waals surface area contributed by atoms with E-state index in [2.05, 4.69) is 0 Å². The number of aromatic hydroxyl groups is 1. The van der Waals surface area contributed by atoms with Crippen LogP contribution in [-0.4, -0.2) is 28.5 Å². The molecule has 0 aliphatic heterocycles. The highest BCUT2D eigenvalue weighted by Gasteiger charge is 1.85. The van der Waals surface area contributed by atoms with Gasteiger partial charge < -0.3 is 15.3 Å². The molecule has 13 heavy (non-hydrogen) atoms. The van der Waals surface area contributed by atoms with Crippen LogP contribution in [0.1, 0.15) is 0 Å². The van der Waals surface area contributed by atoms with Crippen LogP contribution in [-0.2, 0) is 0 Å². The smallest absolute Gasteiger partial charge is 0.220 e. The van der Waals surface area contributed by atoms with Crippen LogP contribution in [0.3, 0.4) is 0 Å². The van der Waals surface area contributed by atoms with E-state index in [4.69, 9.17) is 15.3 Å². The summed E-state index contributed by atoms with van der Waals surface area (Å²) in [6.45, 7) is -0.250. The molecule has 0 atom stereocenters. The van der Waals surface area contributed by atoms with Crippen molar-refractivity contribution >= 4 is 0 Å². The average Bonchev–Trinajstić information content (AvgIpc) is 2.33. The first kappa shape index (κ1) is 11.6. The van der Waals surface area contributed by atoms with Crippen molar-refractivity contribution in [3.8, 4) is 5.75 Å². The van der Waals surface area contributed by atoms with Crippen molar-refractivity contribution in [1.29, 1.82) is 0 Å². The molecule has 1 aromatic rings.